The van der Waals surface area contributed by atoms with Crippen molar-refractivity contribution in [1.29, 1.82) is 0 Å². The van der Waals surface area contributed by atoms with E-state index in [0.717, 1.165) is 30.4 Å². The van der Waals surface area contributed by atoms with Crippen molar-refractivity contribution in [3.05, 3.63) is 59.2 Å². The number of anilines is 1. The zero-order valence-corrected chi connectivity index (χ0v) is 17.0. The number of methoxy groups -OCH3 is 1. The van der Waals surface area contributed by atoms with Crippen LogP contribution < -0.4 is 14.4 Å². The molecule has 6 nitrogen and oxygen atoms in total. The first-order chi connectivity index (χ1) is 12.8. The van der Waals surface area contributed by atoms with Gasteiger partial charge in [0, 0.05) is 19.2 Å². The largest absolute Gasteiger partial charge is 0.496 e. The number of ether oxygens (including phenoxy) is 1. The number of rotatable bonds is 8. The first-order valence-electron chi connectivity index (χ1n) is 8.69. The summed E-state index contributed by atoms with van der Waals surface area (Å²) in [5, 5.41) is 2.90. The molecule has 146 valence electrons. The molecule has 0 spiro atoms. The van der Waals surface area contributed by atoms with E-state index in [2.05, 4.69) is 5.32 Å². The minimum absolute atomic E-state index is 0.212. The number of amides is 1. The van der Waals surface area contributed by atoms with Gasteiger partial charge in [-0.25, -0.2) is 8.42 Å². The van der Waals surface area contributed by atoms with E-state index in [4.69, 9.17) is 4.74 Å². The monoisotopic (exact) mass is 390 g/mol. The molecular formula is C20H26N2O4S. The van der Waals surface area contributed by atoms with Gasteiger partial charge in [-0.15, -0.1) is 0 Å². The average Bonchev–Trinajstić information content (AvgIpc) is 2.64. The van der Waals surface area contributed by atoms with E-state index < -0.39 is 10.0 Å². The Hall–Kier alpha value is -2.54. The minimum atomic E-state index is -3.39. The highest BCUT2D eigenvalue weighted by molar-refractivity contribution is 7.92. The molecule has 0 saturated heterocycles. The van der Waals surface area contributed by atoms with Crippen LogP contribution in [0.15, 0.2) is 42.5 Å². The van der Waals surface area contributed by atoms with Crippen LogP contribution in [0.2, 0.25) is 0 Å². The van der Waals surface area contributed by atoms with Gasteiger partial charge in [0.2, 0.25) is 10.0 Å². The highest BCUT2D eigenvalue weighted by atomic mass is 32.2. The predicted octanol–water partition coefficient (Wildman–Crippen LogP) is 2.76. The number of nitrogens with one attached hydrogen (secondary N) is 1. The molecule has 0 heterocycles. The lowest BCUT2D eigenvalue weighted by molar-refractivity contribution is 0.0952. The standard InChI is InChI=1S/C20H26N2O4S/c1-15-17(11-7-12-18(15)22(2)27(4,24)25)20(23)21-14-8-10-16-9-5-6-13-19(16)26-3/h5-7,9,11-13H,8,10,14H2,1-4H3,(H,21,23). The fourth-order valence-corrected chi connectivity index (χ4v) is 3.43. The summed E-state index contributed by atoms with van der Waals surface area (Å²) in [7, 11) is -0.268. The molecule has 0 radical (unpaired) electrons. The van der Waals surface area contributed by atoms with Crippen LogP contribution in [0.5, 0.6) is 5.75 Å². The maximum atomic E-state index is 12.5. The van der Waals surface area contributed by atoms with Crippen molar-refractivity contribution in [1.82, 2.24) is 5.32 Å². The maximum absolute atomic E-state index is 12.5. The van der Waals surface area contributed by atoms with E-state index in [0.29, 0.717) is 23.4 Å². The van der Waals surface area contributed by atoms with Gasteiger partial charge in [-0.05, 0) is 49.1 Å². The molecular weight excluding hydrogens is 364 g/mol. The number of sulfonamides is 1. The van der Waals surface area contributed by atoms with Crippen molar-refractivity contribution in [3.63, 3.8) is 0 Å². The molecule has 7 heteroatoms. The molecule has 0 unspecified atom stereocenters. The number of benzene rings is 2. The second-order valence-electron chi connectivity index (χ2n) is 6.35. The normalized spacial score (nSPS) is 11.1. The number of nitrogens with zero attached hydrogens (tertiary/aromatic N) is 1. The molecule has 2 aromatic carbocycles. The summed E-state index contributed by atoms with van der Waals surface area (Å²) in [5.41, 5.74) is 2.70. The van der Waals surface area contributed by atoms with Crippen LogP contribution >= 0.6 is 0 Å². The Balaban J connectivity index is 2.00. The average molecular weight is 391 g/mol. The van der Waals surface area contributed by atoms with E-state index in [-0.39, 0.29) is 5.91 Å². The molecule has 0 aliphatic carbocycles. The quantitative estimate of drug-likeness (QED) is 0.703. The molecule has 0 aliphatic rings. The second kappa shape index (κ2) is 8.90. The molecule has 2 rings (SSSR count). The first kappa shape index (κ1) is 20.8. The molecule has 0 bridgehead atoms. The van der Waals surface area contributed by atoms with Crippen LogP contribution in [0.1, 0.15) is 27.9 Å². The SMILES string of the molecule is COc1ccccc1CCCNC(=O)c1cccc(N(C)S(C)(=O)=O)c1C. The predicted molar refractivity (Wildman–Crippen MR) is 108 cm³/mol. The van der Waals surface area contributed by atoms with Gasteiger partial charge >= 0.3 is 0 Å². The molecule has 0 saturated carbocycles. The number of para-hydroxylation sites is 1. The molecule has 0 atom stereocenters. The third-order valence-electron chi connectivity index (χ3n) is 4.49. The summed E-state index contributed by atoms with van der Waals surface area (Å²) < 4.78 is 30.1. The topological polar surface area (TPSA) is 75.7 Å². The molecule has 1 N–H and O–H groups in total. The van der Waals surface area contributed by atoms with Crippen molar-refractivity contribution in [3.8, 4) is 5.75 Å². The van der Waals surface area contributed by atoms with Crippen LogP contribution in [0.25, 0.3) is 0 Å². The van der Waals surface area contributed by atoms with Crippen LogP contribution in [-0.2, 0) is 16.4 Å². The van der Waals surface area contributed by atoms with Crippen molar-refractivity contribution >= 4 is 21.6 Å². The summed E-state index contributed by atoms with van der Waals surface area (Å²) >= 11 is 0. The third-order valence-corrected chi connectivity index (χ3v) is 5.68. The Kier molecular flexibility index (Phi) is 6.85. The Bertz CT molecular complexity index is 910. The number of carbonyl (C=O) groups excluding carboxylic acids is 1. The smallest absolute Gasteiger partial charge is 0.251 e. The lowest BCUT2D eigenvalue weighted by atomic mass is 10.1. The van der Waals surface area contributed by atoms with Crippen molar-refractivity contribution in [2.75, 3.05) is 31.3 Å². The molecule has 0 aliphatic heterocycles. The number of carbonyl (C=O) groups is 1. The minimum Gasteiger partial charge on any atom is -0.496 e. The zero-order valence-electron chi connectivity index (χ0n) is 16.2. The number of aryl methyl sites for hydroxylation is 1. The Labute approximate surface area is 161 Å². The van der Waals surface area contributed by atoms with E-state index >= 15 is 0 Å². The summed E-state index contributed by atoms with van der Waals surface area (Å²) in [6.07, 6.45) is 2.70. The Morgan fingerprint density at radius 3 is 2.52 bits per heavy atom. The Morgan fingerprint density at radius 1 is 1.15 bits per heavy atom. The van der Waals surface area contributed by atoms with Crippen LogP contribution in [0, 0.1) is 6.92 Å². The summed E-state index contributed by atoms with van der Waals surface area (Å²) in [6.45, 7) is 2.27. The van der Waals surface area contributed by atoms with Crippen LogP contribution in [0.4, 0.5) is 5.69 Å². The van der Waals surface area contributed by atoms with Gasteiger partial charge in [0.25, 0.3) is 5.91 Å². The highest BCUT2D eigenvalue weighted by Crippen LogP contribution is 2.24. The van der Waals surface area contributed by atoms with Crippen molar-refractivity contribution < 1.29 is 17.9 Å². The molecule has 0 aromatic heterocycles. The van der Waals surface area contributed by atoms with Gasteiger partial charge < -0.3 is 10.1 Å². The van der Waals surface area contributed by atoms with Crippen molar-refractivity contribution in [2.24, 2.45) is 0 Å². The third kappa shape index (κ3) is 5.23. The van der Waals surface area contributed by atoms with Gasteiger partial charge in [0.1, 0.15) is 5.75 Å². The molecule has 2 aromatic rings. The van der Waals surface area contributed by atoms with Gasteiger partial charge in [-0.1, -0.05) is 24.3 Å². The molecule has 27 heavy (non-hydrogen) atoms. The summed E-state index contributed by atoms with van der Waals surface area (Å²) in [5.74, 6) is 0.632. The van der Waals surface area contributed by atoms with Crippen molar-refractivity contribution in [2.45, 2.75) is 19.8 Å². The fourth-order valence-electron chi connectivity index (χ4n) is 2.87. The first-order valence-corrected chi connectivity index (χ1v) is 10.5. The summed E-state index contributed by atoms with van der Waals surface area (Å²) in [6, 6.07) is 12.9. The molecule has 0 fully saturated rings. The molecule has 1 amide bonds. The highest BCUT2D eigenvalue weighted by Gasteiger charge is 2.18. The van der Waals surface area contributed by atoms with Gasteiger partial charge in [-0.2, -0.15) is 0 Å². The number of hydrogen-bond donors (Lipinski definition) is 1. The number of hydrogen-bond acceptors (Lipinski definition) is 4. The van der Waals surface area contributed by atoms with Gasteiger partial charge in [0.05, 0.1) is 19.1 Å². The Morgan fingerprint density at radius 2 is 1.85 bits per heavy atom. The van der Waals surface area contributed by atoms with E-state index in [1.165, 1.54) is 11.4 Å². The van der Waals surface area contributed by atoms with Crippen LogP contribution in [0.3, 0.4) is 0 Å². The fraction of sp³-hybridized carbons (Fsp3) is 0.350. The lowest BCUT2D eigenvalue weighted by Crippen LogP contribution is -2.28. The second-order valence-corrected chi connectivity index (χ2v) is 8.37. The maximum Gasteiger partial charge on any atom is 0.251 e. The van der Waals surface area contributed by atoms with Gasteiger partial charge in [-0.3, -0.25) is 9.10 Å². The zero-order chi connectivity index (χ0) is 20.0. The lowest BCUT2D eigenvalue weighted by Gasteiger charge is -2.20. The van der Waals surface area contributed by atoms with E-state index in [1.54, 1.807) is 32.2 Å². The van der Waals surface area contributed by atoms with E-state index in [1.807, 2.05) is 24.3 Å². The van der Waals surface area contributed by atoms with Gasteiger partial charge in [0.15, 0.2) is 0 Å². The van der Waals surface area contributed by atoms with Crippen LogP contribution in [-0.4, -0.2) is 41.3 Å². The summed E-state index contributed by atoms with van der Waals surface area (Å²) in [4.78, 5) is 12.5. The van der Waals surface area contributed by atoms with E-state index in [9.17, 15) is 13.2 Å².